The number of allylic oxidation sites excluding steroid dienone is 1. The number of aromatic nitrogens is 1. The van der Waals surface area contributed by atoms with Crippen molar-refractivity contribution in [1.82, 2.24) is 4.57 Å². The Morgan fingerprint density at radius 2 is 1.76 bits per heavy atom. The van der Waals surface area contributed by atoms with Gasteiger partial charge in [-0.3, -0.25) is 9.36 Å². The van der Waals surface area contributed by atoms with Gasteiger partial charge in [0.05, 0.1) is 32.6 Å². The van der Waals surface area contributed by atoms with Crippen molar-refractivity contribution in [2.45, 2.75) is 33.4 Å². The Hall–Kier alpha value is -3.93. The second kappa shape index (κ2) is 13.8. The van der Waals surface area contributed by atoms with Crippen molar-refractivity contribution in [2.24, 2.45) is 4.99 Å². The van der Waals surface area contributed by atoms with Crippen LogP contribution in [0.4, 0.5) is 0 Å². The maximum atomic E-state index is 14.1. The zero-order valence-corrected chi connectivity index (χ0v) is 29.1. The van der Waals surface area contributed by atoms with Crippen LogP contribution < -0.4 is 24.4 Å². The molecule has 4 aromatic carbocycles. The Morgan fingerprint density at radius 3 is 2.52 bits per heavy atom. The fourth-order valence-corrected chi connectivity index (χ4v) is 7.56. The molecular weight excluding hydrogens is 735 g/mol. The van der Waals surface area contributed by atoms with Gasteiger partial charge in [0.15, 0.2) is 16.3 Å². The highest BCUT2D eigenvalue weighted by Crippen LogP contribution is 2.36. The first-order valence-corrected chi connectivity index (χ1v) is 17.1. The Kier molecular flexibility index (Phi) is 9.62. The number of hydrogen-bond acceptors (Lipinski definition) is 7. The molecule has 0 saturated heterocycles. The van der Waals surface area contributed by atoms with Crippen LogP contribution in [0.15, 0.2) is 99.9 Å². The summed E-state index contributed by atoms with van der Waals surface area (Å²) in [7, 11) is 0. The molecule has 6 rings (SSSR count). The quantitative estimate of drug-likeness (QED) is 0.117. The number of esters is 1. The first-order chi connectivity index (χ1) is 22.3. The van der Waals surface area contributed by atoms with Gasteiger partial charge in [-0.05, 0) is 101 Å². The van der Waals surface area contributed by atoms with Crippen LogP contribution >= 0.6 is 45.5 Å². The van der Waals surface area contributed by atoms with E-state index in [0.29, 0.717) is 50.3 Å². The van der Waals surface area contributed by atoms with Gasteiger partial charge in [-0.1, -0.05) is 77.5 Å². The van der Waals surface area contributed by atoms with Crippen LogP contribution in [-0.4, -0.2) is 23.8 Å². The maximum Gasteiger partial charge on any atom is 0.338 e. The zero-order chi connectivity index (χ0) is 32.4. The standard InChI is InChI=1S/C36H30ClIN2O5S/c1-4-43-29-18-23(17-28(38)33(29)45-20-22-14-15-24-10-6-7-11-25(24)16-22)19-30-34(41)40-32(26-12-8-9-13-27(26)37)31(35(42)44-5-2)21(3)39-36(40)46-30/h6-19,32H,4-5,20H2,1-3H3/b30-19+/t32-/m0/s1. The first kappa shape index (κ1) is 32.0. The van der Waals surface area contributed by atoms with Crippen LogP contribution in [0.25, 0.3) is 16.8 Å². The van der Waals surface area contributed by atoms with E-state index >= 15 is 0 Å². The van der Waals surface area contributed by atoms with Gasteiger partial charge >= 0.3 is 5.97 Å². The van der Waals surface area contributed by atoms with Crippen LogP contribution in [0, 0.1) is 3.57 Å². The molecule has 0 amide bonds. The predicted octanol–water partition coefficient (Wildman–Crippen LogP) is 7.19. The Morgan fingerprint density at radius 1 is 1.00 bits per heavy atom. The number of carbonyl (C=O) groups is 1. The molecule has 234 valence electrons. The third-order valence-electron chi connectivity index (χ3n) is 7.54. The summed E-state index contributed by atoms with van der Waals surface area (Å²) < 4.78 is 20.5. The van der Waals surface area contributed by atoms with Gasteiger partial charge in [0, 0.05) is 5.02 Å². The topological polar surface area (TPSA) is 79.1 Å². The van der Waals surface area contributed by atoms with Crippen LogP contribution in [0.1, 0.15) is 43.5 Å². The van der Waals surface area contributed by atoms with Gasteiger partial charge in [-0.25, -0.2) is 9.79 Å². The number of ether oxygens (including phenoxy) is 3. The molecule has 10 heteroatoms. The van der Waals surface area contributed by atoms with Crippen molar-refractivity contribution in [3.8, 4) is 11.5 Å². The molecule has 46 heavy (non-hydrogen) atoms. The van der Waals surface area contributed by atoms with E-state index in [0.717, 1.165) is 20.1 Å². The van der Waals surface area contributed by atoms with Crippen molar-refractivity contribution >= 4 is 68.3 Å². The van der Waals surface area contributed by atoms with Gasteiger partial charge in [-0.2, -0.15) is 0 Å². The molecule has 0 fully saturated rings. The average molecular weight is 765 g/mol. The van der Waals surface area contributed by atoms with Crippen molar-refractivity contribution in [2.75, 3.05) is 13.2 Å². The van der Waals surface area contributed by atoms with E-state index in [9.17, 15) is 9.59 Å². The molecule has 0 bridgehead atoms. The smallest absolute Gasteiger partial charge is 0.338 e. The lowest BCUT2D eigenvalue weighted by molar-refractivity contribution is -0.139. The zero-order valence-electron chi connectivity index (χ0n) is 25.4. The molecule has 0 aliphatic carbocycles. The summed E-state index contributed by atoms with van der Waals surface area (Å²) in [6.45, 7) is 6.43. The highest BCUT2D eigenvalue weighted by atomic mass is 127. The molecule has 0 spiro atoms. The Balaban J connectivity index is 1.39. The van der Waals surface area contributed by atoms with E-state index in [2.05, 4.69) is 57.9 Å². The monoisotopic (exact) mass is 764 g/mol. The minimum Gasteiger partial charge on any atom is -0.490 e. The minimum atomic E-state index is -0.781. The van der Waals surface area contributed by atoms with E-state index in [-0.39, 0.29) is 17.7 Å². The molecule has 1 aromatic heterocycles. The van der Waals surface area contributed by atoms with E-state index in [1.165, 1.54) is 21.3 Å². The van der Waals surface area contributed by atoms with Gasteiger partial charge < -0.3 is 14.2 Å². The van der Waals surface area contributed by atoms with Crippen molar-refractivity contribution in [3.05, 3.63) is 135 Å². The van der Waals surface area contributed by atoms with Gasteiger partial charge in [0.25, 0.3) is 5.56 Å². The summed E-state index contributed by atoms with van der Waals surface area (Å²) >= 11 is 10.1. The normalized spacial score (nSPS) is 14.6. The fourth-order valence-electron chi connectivity index (χ4n) is 5.49. The van der Waals surface area contributed by atoms with Crippen LogP contribution in [0.3, 0.4) is 0 Å². The number of nitrogens with zero attached hydrogens (tertiary/aromatic N) is 2. The number of fused-ring (bicyclic) bond motifs is 2. The lowest BCUT2D eigenvalue weighted by atomic mass is 9.96. The Bertz CT molecular complexity index is 2190. The van der Waals surface area contributed by atoms with E-state index in [1.807, 2.05) is 55.5 Å². The first-order valence-electron chi connectivity index (χ1n) is 14.8. The maximum absolute atomic E-state index is 14.1. The number of benzene rings is 4. The fraction of sp³-hybridized carbons (Fsp3) is 0.194. The molecule has 0 saturated carbocycles. The van der Waals surface area contributed by atoms with Crippen molar-refractivity contribution < 1.29 is 19.0 Å². The molecule has 2 heterocycles. The molecule has 0 radical (unpaired) electrons. The lowest BCUT2D eigenvalue weighted by Crippen LogP contribution is -2.40. The molecule has 5 aromatic rings. The summed E-state index contributed by atoms with van der Waals surface area (Å²) in [5.41, 5.74) is 2.93. The van der Waals surface area contributed by atoms with E-state index in [4.69, 9.17) is 25.8 Å². The second-order valence-corrected chi connectivity index (χ2v) is 13.1. The third kappa shape index (κ3) is 6.36. The number of thiazole rings is 1. The molecule has 1 atom stereocenters. The van der Waals surface area contributed by atoms with Gasteiger partial charge in [0.2, 0.25) is 0 Å². The number of hydrogen-bond donors (Lipinski definition) is 0. The highest BCUT2D eigenvalue weighted by molar-refractivity contribution is 14.1. The van der Waals surface area contributed by atoms with Crippen molar-refractivity contribution in [3.63, 3.8) is 0 Å². The second-order valence-electron chi connectivity index (χ2n) is 10.6. The third-order valence-corrected chi connectivity index (χ3v) is 9.67. The molecule has 1 aliphatic rings. The van der Waals surface area contributed by atoms with Crippen LogP contribution in [0.5, 0.6) is 11.5 Å². The summed E-state index contributed by atoms with van der Waals surface area (Å²) in [5.74, 6) is 0.698. The number of halogens is 2. The van der Waals surface area contributed by atoms with Gasteiger partial charge in [0.1, 0.15) is 12.6 Å². The summed E-state index contributed by atoms with van der Waals surface area (Å²) in [4.78, 5) is 32.4. The molecule has 7 nitrogen and oxygen atoms in total. The van der Waals surface area contributed by atoms with E-state index < -0.39 is 12.0 Å². The number of rotatable bonds is 9. The minimum absolute atomic E-state index is 0.193. The predicted molar refractivity (Wildman–Crippen MR) is 190 cm³/mol. The Labute approximate surface area is 288 Å². The lowest BCUT2D eigenvalue weighted by Gasteiger charge is -2.25. The number of carbonyl (C=O) groups excluding carboxylic acids is 1. The molecule has 1 aliphatic heterocycles. The summed E-state index contributed by atoms with van der Waals surface area (Å²) in [5, 5.41) is 2.77. The summed E-state index contributed by atoms with van der Waals surface area (Å²) in [6.07, 6.45) is 1.81. The summed E-state index contributed by atoms with van der Waals surface area (Å²) in [6, 6.07) is 24.8. The average Bonchev–Trinajstić information content (AvgIpc) is 3.34. The molecular formula is C36H30ClIN2O5S. The van der Waals surface area contributed by atoms with Gasteiger partial charge in [-0.15, -0.1) is 0 Å². The van der Waals surface area contributed by atoms with Crippen molar-refractivity contribution in [1.29, 1.82) is 0 Å². The van der Waals surface area contributed by atoms with Crippen LogP contribution in [0.2, 0.25) is 5.02 Å². The SMILES string of the molecule is CCOC(=O)C1=C(C)N=c2s/c(=C/c3cc(I)c(OCc4ccc5ccccc5c4)c(OCC)c3)c(=O)n2[C@H]1c1ccccc1Cl. The van der Waals surface area contributed by atoms with Crippen LogP contribution in [-0.2, 0) is 16.1 Å². The largest absolute Gasteiger partial charge is 0.490 e. The highest BCUT2D eigenvalue weighted by Gasteiger charge is 2.34. The van der Waals surface area contributed by atoms with E-state index in [1.54, 1.807) is 19.9 Å². The molecule has 0 N–H and O–H groups in total. The molecule has 0 unspecified atom stereocenters.